The molecule has 0 radical (unpaired) electrons. The molecule has 0 bridgehead atoms. The number of carboxylic acids is 1. The molecule has 0 spiro atoms. The van der Waals surface area contributed by atoms with Crippen molar-refractivity contribution in [1.29, 1.82) is 0 Å². The predicted octanol–water partition coefficient (Wildman–Crippen LogP) is 2.30. The van der Waals surface area contributed by atoms with Crippen LogP contribution in [0.5, 0.6) is 0 Å². The van der Waals surface area contributed by atoms with Crippen LogP contribution >= 0.6 is 0 Å². The fourth-order valence-electron chi connectivity index (χ4n) is 1.70. The fraction of sp³-hybridized carbons (Fsp3) is 0.500. The number of anilines is 1. The lowest BCUT2D eigenvalue weighted by molar-refractivity contribution is 0.0695. The second-order valence-electron chi connectivity index (χ2n) is 4.29. The first kappa shape index (κ1) is 10.9. The Morgan fingerprint density at radius 3 is 2.88 bits per heavy atom. The lowest BCUT2D eigenvalue weighted by Crippen LogP contribution is -2.07. The molecule has 1 heterocycles. The highest BCUT2D eigenvalue weighted by Gasteiger charge is 2.20. The van der Waals surface area contributed by atoms with Crippen LogP contribution < -0.4 is 5.32 Å². The molecule has 0 unspecified atom stereocenters. The van der Waals surface area contributed by atoms with Crippen LogP contribution in [0.15, 0.2) is 12.1 Å². The lowest BCUT2D eigenvalue weighted by Gasteiger charge is -2.07. The van der Waals surface area contributed by atoms with Gasteiger partial charge in [0.1, 0.15) is 5.82 Å². The molecule has 4 nitrogen and oxygen atoms in total. The molecule has 0 saturated heterocycles. The zero-order chi connectivity index (χ0) is 11.5. The van der Waals surface area contributed by atoms with Crippen molar-refractivity contribution >= 4 is 11.8 Å². The van der Waals surface area contributed by atoms with Gasteiger partial charge in [0.15, 0.2) is 0 Å². The molecule has 0 amide bonds. The van der Waals surface area contributed by atoms with E-state index in [0.717, 1.165) is 18.3 Å². The van der Waals surface area contributed by atoms with Crippen LogP contribution in [0.3, 0.4) is 0 Å². The molecule has 0 atom stereocenters. The van der Waals surface area contributed by atoms with Crippen molar-refractivity contribution in [3.63, 3.8) is 0 Å². The van der Waals surface area contributed by atoms with Crippen molar-refractivity contribution in [2.45, 2.75) is 26.2 Å². The summed E-state index contributed by atoms with van der Waals surface area (Å²) >= 11 is 0. The van der Waals surface area contributed by atoms with Crippen molar-refractivity contribution in [3.8, 4) is 0 Å². The third-order valence-corrected chi connectivity index (χ3v) is 2.87. The van der Waals surface area contributed by atoms with E-state index in [4.69, 9.17) is 5.11 Å². The van der Waals surface area contributed by atoms with E-state index in [2.05, 4.69) is 10.3 Å². The first-order valence-electron chi connectivity index (χ1n) is 5.61. The minimum Gasteiger partial charge on any atom is -0.478 e. The summed E-state index contributed by atoms with van der Waals surface area (Å²) in [5, 5.41) is 12.1. The summed E-state index contributed by atoms with van der Waals surface area (Å²) in [7, 11) is 0. The van der Waals surface area contributed by atoms with Crippen LogP contribution in [-0.2, 0) is 0 Å². The van der Waals surface area contributed by atoms with Gasteiger partial charge < -0.3 is 10.4 Å². The average Bonchev–Trinajstić information content (AvgIpc) is 3.01. The van der Waals surface area contributed by atoms with E-state index in [-0.39, 0.29) is 5.56 Å². The maximum atomic E-state index is 10.8. The Hall–Kier alpha value is -1.58. The van der Waals surface area contributed by atoms with Crippen LogP contribution in [0.4, 0.5) is 5.82 Å². The molecular weight excluding hydrogens is 204 g/mol. The van der Waals surface area contributed by atoms with Crippen molar-refractivity contribution in [2.75, 3.05) is 11.9 Å². The van der Waals surface area contributed by atoms with Gasteiger partial charge in [0.05, 0.1) is 11.3 Å². The molecule has 4 heteroatoms. The Balaban J connectivity index is 1.93. The Morgan fingerprint density at radius 2 is 2.31 bits per heavy atom. The number of rotatable bonds is 5. The van der Waals surface area contributed by atoms with Gasteiger partial charge in [0, 0.05) is 6.54 Å². The predicted molar refractivity (Wildman–Crippen MR) is 61.8 cm³/mol. The average molecular weight is 220 g/mol. The van der Waals surface area contributed by atoms with Crippen LogP contribution in [0.1, 0.15) is 35.3 Å². The Labute approximate surface area is 94.7 Å². The van der Waals surface area contributed by atoms with Gasteiger partial charge in [-0.25, -0.2) is 9.78 Å². The molecule has 1 aliphatic carbocycles. The number of aryl methyl sites for hydroxylation is 1. The highest BCUT2D eigenvalue weighted by atomic mass is 16.4. The van der Waals surface area contributed by atoms with Crippen molar-refractivity contribution in [3.05, 3.63) is 23.4 Å². The van der Waals surface area contributed by atoms with E-state index < -0.39 is 5.97 Å². The zero-order valence-corrected chi connectivity index (χ0v) is 9.36. The third-order valence-electron chi connectivity index (χ3n) is 2.87. The van der Waals surface area contributed by atoms with Gasteiger partial charge >= 0.3 is 5.97 Å². The van der Waals surface area contributed by atoms with Crippen LogP contribution in [0.2, 0.25) is 0 Å². The number of hydrogen-bond acceptors (Lipinski definition) is 3. The fourth-order valence-corrected chi connectivity index (χ4v) is 1.70. The summed E-state index contributed by atoms with van der Waals surface area (Å²) in [4.78, 5) is 15.0. The standard InChI is InChI=1S/C12H16N2O2/c1-8-10(12(15)16)4-5-11(14-8)13-7-6-9-2-3-9/h4-5,9H,2-3,6-7H2,1H3,(H,13,14)(H,15,16). The Kier molecular flexibility index (Phi) is 3.08. The van der Waals surface area contributed by atoms with E-state index in [1.54, 1.807) is 19.1 Å². The summed E-state index contributed by atoms with van der Waals surface area (Å²) in [6, 6.07) is 3.33. The van der Waals surface area contributed by atoms with Crippen molar-refractivity contribution in [1.82, 2.24) is 4.98 Å². The number of carbonyl (C=O) groups is 1. The van der Waals surface area contributed by atoms with E-state index in [1.807, 2.05) is 0 Å². The largest absolute Gasteiger partial charge is 0.478 e. The van der Waals surface area contributed by atoms with E-state index in [1.165, 1.54) is 19.3 Å². The molecule has 1 aromatic heterocycles. The summed E-state index contributed by atoms with van der Waals surface area (Å²) in [5.41, 5.74) is 0.830. The van der Waals surface area contributed by atoms with Gasteiger partial charge in [-0.1, -0.05) is 12.8 Å². The van der Waals surface area contributed by atoms with Gasteiger partial charge in [0.2, 0.25) is 0 Å². The summed E-state index contributed by atoms with van der Waals surface area (Å²) < 4.78 is 0. The van der Waals surface area contributed by atoms with Gasteiger partial charge in [-0.15, -0.1) is 0 Å². The van der Waals surface area contributed by atoms with Crippen LogP contribution in [-0.4, -0.2) is 22.6 Å². The second kappa shape index (κ2) is 4.51. The summed E-state index contributed by atoms with van der Waals surface area (Å²) in [6.45, 7) is 2.64. The number of aromatic carboxylic acids is 1. The molecule has 2 rings (SSSR count). The number of hydrogen-bond donors (Lipinski definition) is 2. The third kappa shape index (κ3) is 2.72. The molecular formula is C12H16N2O2. The Bertz CT molecular complexity index is 400. The molecule has 1 aromatic rings. The van der Waals surface area contributed by atoms with E-state index in [9.17, 15) is 4.79 Å². The minimum atomic E-state index is -0.922. The molecule has 86 valence electrons. The van der Waals surface area contributed by atoms with Crippen LogP contribution in [0, 0.1) is 12.8 Å². The first-order chi connectivity index (χ1) is 7.66. The number of pyridine rings is 1. The molecule has 0 aromatic carbocycles. The molecule has 1 fully saturated rings. The maximum absolute atomic E-state index is 10.8. The zero-order valence-electron chi connectivity index (χ0n) is 9.36. The summed E-state index contributed by atoms with van der Waals surface area (Å²) in [6.07, 6.45) is 3.89. The first-order valence-corrected chi connectivity index (χ1v) is 5.61. The normalized spacial score (nSPS) is 14.8. The number of nitrogens with one attached hydrogen (secondary N) is 1. The van der Waals surface area contributed by atoms with Gasteiger partial charge in [-0.3, -0.25) is 0 Å². The lowest BCUT2D eigenvalue weighted by atomic mass is 10.2. The van der Waals surface area contributed by atoms with Gasteiger partial charge in [-0.05, 0) is 31.4 Å². The van der Waals surface area contributed by atoms with Crippen molar-refractivity contribution in [2.24, 2.45) is 5.92 Å². The molecule has 2 N–H and O–H groups in total. The highest BCUT2D eigenvalue weighted by Crippen LogP contribution is 2.32. The smallest absolute Gasteiger partial charge is 0.337 e. The SMILES string of the molecule is Cc1nc(NCCC2CC2)ccc1C(=O)O. The monoisotopic (exact) mass is 220 g/mol. The molecule has 16 heavy (non-hydrogen) atoms. The van der Waals surface area contributed by atoms with E-state index in [0.29, 0.717) is 5.69 Å². The minimum absolute atomic E-state index is 0.271. The van der Waals surface area contributed by atoms with Crippen molar-refractivity contribution < 1.29 is 9.90 Å². The molecule has 0 aliphatic heterocycles. The number of carboxylic acid groups (broad SMARTS) is 1. The number of aromatic nitrogens is 1. The quantitative estimate of drug-likeness (QED) is 0.799. The van der Waals surface area contributed by atoms with Crippen LogP contribution in [0.25, 0.3) is 0 Å². The second-order valence-corrected chi connectivity index (χ2v) is 4.29. The maximum Gasteiger partial charge on any atom is 0.337 e. The number of nitrogens with zero attached hydrogens (tertiary/aromatic N) is 1. The van der Waals surface area contributed by atoms with E-state index >= 15 is 0 Å². The topological polar surface area (TPSA) is 62.2 Å². The highest BCUT2D eigenvalue weighted by molar-refractivity contribution is 5.89. The van der Waals surface area contributed by atoms with Gasteiger partial charge in [0.25, 0.3) is 0 Å². The molecule has 1 saturated carbocycles. The summed E-state index contributed by atoms with van der Waals surface area (Å²) in [5.74, 6) is 0.740. The molecule has 1 aliphatic rings. The Morgan fingerprint density at radius 1 is 1.56 bits per heavy atom. The van der Waals surface area contributed by atoms with Gasteiger partial charge in [-0.2, -0.15) is 0 Å².